The lowest BCUT2D eigenvalue weighted by Crippen LogP contribution is -2.35. The summed E-state index contributed by atoms with van der Waals surface area (Å²) in [5.41, 5.74) is 12.5. The van der Waals surface area contributed by atoms with Crippen molar-refractivity contribution in [1.82, 2.24) is 0 Å². The Morgan fingerprint density at radius 2 is 1.44 bits per heavy atom. The Labute approximate surface area is 287 Å². The number of phenols is 1. The van der Waals surface area contributed by atoms with Gasteiger partial charge in [-0.05, 0) is 107 Å². The highest BCUT2D eigenvalue weighted by molar-refractivity contribution is 7.39. The first kappa shape index (κ1) is 38.3. The fourth-order valence-corrected chi connectivity index (χ4v) is 5.90. The topological polar surface area (TPSA) is 108 Å². The van der Waals surface area contributed by atoms with Crippen LogP contribution in [0.2, 0.25) is 0 Å². The van der Waals surface area contributed by atoms with Gasteiger partial charge in [0.1, 0.15) is 17.5 Å². The van der Waals surface area contributed by atoms with E-state index in [-0.39, 0.29) is 18.2 Å². The number of carbonyl (C=O) groups excluding carboxylic acids is 1. The predicted molar refractivity (Wildman–Crippen MR) is 194 cm³/mol. The third kappa shape index (κ3) is 12.4. The van der Waals surface area contributed by atoms with Crippen LogP contribution in [0.25, 0.3) is 0 Å². The monoisotopic (exact) mass is 672 g/mol. The van der Waals surface area contributed by atoms with Crippen LogP contribution in [0.5, 0.6) is 17.2 Å². The average Bonchev–Trinajstić information content (AvgIpc) is 3.07. The van der Waals surface area contributed by atoms with E-state index in [9.17, 15) is 14.5 Å². The van der Waals surface area contributed by atoms with Crippen molar-refractivity contribution in [2.45, 2.75) is 79.2 Å². The maximum Gasteiger partial charge on any atom is 0.598 e. The number of hydrogen-bond acceptors (Lipinski definition) is 7. The first-order chi connectivity index (χ1) is 23.0. The lowest BCUT2D eigenvalue weighted by Gasteiger charge is -2.15. The van der Waals surface area contributed by atoms with Crippen LogP contribution < -0.4 is 15.0 Å². The molecule has 0 saturated carbocycles. The number of phenolic OH excluding ortho intramolecular Hbond substituents is 1. The van der Waals surface area contributed by atoms with Gasteiger partial charge >= 0.3 is 20.3 Å². The Bertz CT molecular complexity index is 1570. The number of carbonyl (C=O) groups is 1. The van der Waals surface area contributed by atoms with Crippen molar-refractivity contribution >= 4 is 14.0 Å². The summed E-state index contributed by atoms with van der Waals surface area (Å²) < 4.78 is 28.5. The molecule has 0 heterocycles. The molecule has 4 rings (SSSR count). The second-order valence-electron chi connectivity index (χ2n) is 12.4. The van der Waals surface area contributed by atoms with Gasteiger partial charge in [0.15, 0.2) is 5.75 Å². The van der Waals surface area contributed by atoms with Crippen LogP contribution in [-0.4, -0.2) is 30.1 Å². The van der Waals surface area contributed by atoms with Crippen molar-refractivity contribution in [3.05, 3.63) is 124 Å². The van der Waals surface area contributed by atoms with Crippen molar-refractivity contribution in [2.24, 2.45) is 11.7 Å². The second kappa shape index (κ2) is 19.6. The van der Waals surface area contributed by atoms with E-state index in [0.29, 0.717) is 36.2 Å². The second-order valence-corrected chi connectivity index (χ2v) is 13.5. The molecule has 48 heavy (non-hydrogen) atoms. The van der Waals surface area contributed by atoms with Gasteiger partial charge in [0.2, 0.25) is 0 Å². The lowest BCUT2D eigenvalue weighted by atomic mass is 9.93. The number of ether oxygens (including phenoxy) is 2. The molecule has 8 heteroatoms. The van der Waals surface area contributed by atoms with Crippen LogP contribution in [-0.2, 0) is 26.9 Å². The summed E-state index contributed by atoms with van der Waals surface area (Å²) in [6.07, 6.45) is 3.36. The van der Waals surface area contributed by atoms with Crippen molar-refractivity contribution in [3.63, 3.8) is 0 Å². The van der Waals surface area contributed by atoms with Gasteiger partial charge in [-0.2, -0.15) is 0 Å². The van der Waals surface area contributed by atoms with Crippen LogP contribution >= 0.6 is 8.03 Å². The van der Waals surface area contributed by atoms with E-state index in [4.69, 9.17) is 19.7 Å². The molecule has 0 fully saturated rings. The minimum absolute atomic E-state index is 0.00182. The lowest BCUT2D eigenvalue weighted by molar-refractivity contribution is -0.146. The zero-order valence-electron chi connectivity index (χ0n) is 29.1. The Kier molecular flexibility index (Phi) is 15.6. The van der Waals surface area contributed by atoms with E-state index in [2.05, 4.69) is 47.6 Å². The van der Waals surface area contributed by atoms with Crippen LogP contribution in [0.15, 0.2) is 91.0 Å². The molecule has 0 aliphatic carbocycles. The van der Waals surface area contributed by atoms with Crippen LogP contribution in [0.1, 0.15) is 79.8 Å². The third-order valence-electron chi connectivity index (χ3n) is 8.27. The highest BCUT2D eigenvalue weighted by Gasteiger charge is 2.21. The van der Waals surface area contributed by atoms with Gasteiger partial charge in [0.25, 0.3) is 0 Å². The van der Waals surface area contributed by atoms with Crippen LogP contribution in [0, 0.1) is 19.8 Å². The molecule has 0 aromatic heterocycles. The Hall–Kier alpha value is -4.19. The molecule has 0 bridgehead atoms. The maximum absolute atomic E-state index is 12.2. The highest BCUT2D eigenvalue weighted by Crippen LogP contribution is 2.31. The molecule has 7 nitrogen and oxygen atoms in total. The summed E-state index contributed by atoms with van der Waals surface area (Å²) >= 11 is 0. The molecule has 0 spiro atoms. The Morgan fingerprint density at radius 1 is 0.833 bits per heavy atom. The molecule has 0 saturated heterocycles. The van der Waals surface area contributed by atoms with Gasteiger partial charge in [-0.15, -0.1) is 0 Å². The predicted octanol–water partition coefficient (Wildman–Crippen LogP) is 9.42. The Morgan fingerprint density at radius 3 is 2.02 bits per heavy atom. The smallest absolute Gasteiger partial charge is 0.508 e. The number of esters is 1. The summed E-state index contributed by atoms with van der Waals surface area (Å²) in [6.45, 7) is 13.0. The number of benzene rings is 4. The van der Waals surface area contributed by atoms with E-state index in [1.54, 1.807) is 18.2 Å². The van der Waals surface area contributed by atoms with Crippen molar-refractivity contribution in [3.8, 4) is 17.2 Å². The van der Waals surface area contributed by atoms with Gasteiger partial charge in [-0.1, -0.05) is 101 Å². The number of para-hydroxylation sites is 1. The fraction of sp³-hybridized carbons (Fsp3) is 0.375. The number of nitrogens with two attached hydrogens (primary N) is 1. The zero-order chi connectivity index (χ0) is 35.1. The van der Waals surface area contributed by atoms with Crippen LogP contribution in [0.4, 0.5) is 0 Å². The summed E-state index contributed by atoms with van der Waals surface area (Å²) in [5, 5.41) is 10.1. The molecule has 0 radical (unpaired) electrons. The SMILES string of the molecule is CCC(CC)COC(=O)[C@@H](N)Cc1ccccc1.Cc1cc(OC[P+](=O)Oc2ccccc2)cc(C)c1Cc1ccc(O)c(C(C)C)c1. The number of rotatable bonds is 15. The van der Waals surface area contributed by atoms with Gasteiger partial charge in [0, 0.05) is 0 Å². The van der Waals surface area contributed by atoms with E-state index in [1.807, 2.05) is 66.7 Å². The minimum Gasteiger partial charge on any atom is -0.508 e. The van der Waals surface area contributed by atoms with E-state index in [1.165, 1.54) is 5.56 Å². The van der Waals surface area contributed by atoms with Gasteiger partial charge < -0.3 is 20.3 Å². The molecule has 0 aliphatic rings. The fourth-order valence-electron chi connectivity index (χ4n) is 5.23. The first-order valence-corrected chi connectivity index (χ1v) is 18.0. The third-order valence-corrected chi connectivity index (χ3v) is 9.02. The number of aromatic hydroxyl groups is 1. The average molecular weight is 673 g/mol. The number of aryl methyl sites for hydroxylation is 2. The molecule has 2 atom stereocenters. The summed E-state index contributed by atoms with van der Waals surface area (Å²) in [7, 11) is -1.96. The summed E-state index contributed by atoms with van der Waals surface area (Å²) in [6, 6.07) is 28.0. The molecule has 3 N–H and O–H groups in total. The normalized spacial score (nSPS) is 11.8. The summed E-state index contributed by atoms with van der Waals surface area (Å²) in [5.74, 6) is 2.01. The molecule has 4 aromatic rings. The van der Waals surface area contributed by atoms with Crippen molar-refractivity contribution in [1.29, 1.82) is 0 Å². The van der Waals surface area contributed by atoms with Gasteiger partial charge in [-0.3, -0.25) is 9.32 Å². The van der Waals surface area contributed by atoms with E-state index >= 15 is 0 Å². The summed E-state index contributed by atoms with van der Waals surface area (Å²) in [4.78, 5) is 11.7. The molecular weight excluding hydrogens is 621 g/mol. The minimum atomic E-state index is -1.96. The zero-order valence-corrected chi connectivity index (χ0v) is 30.0. The first-order valence-electron chi connectivity index (χ1n) is 16.7. The van der Waals surface area contributed by atoms with E-state index < -0.39 is 14.1 Å². The van der Waals surface area contributed by atoms with Crippen LogP contribution in [0.3, 0.4) is 0 Å². The maximum atomic E-state index is 12.2. The van der Waals surface area contributed by atoms with E-state index in [0.717, 1.165) is 47.1 Å². The molecular formula is C40H51NO6P+. The molecule has 0 amide bonds. The molecule has 4 aromatic carbocycles. The largest absolute Gasteiger partial charge is 0.598 e. The van der Waals surface area contributed by atoms with Gasteiger partial charge in [-0.25, -0.2) is 0 Å². The van der Waals surface area contributed by atoms with Crippen molar-refractivity contribution in [2.75, 3.05) is 13.0 Å². The molecule has 1 unspecified atom stereocenters. The van der Waals surface area contributed by atoms with Crippen molar-refractivity contribution < 1.29 is 28.5 Å². The highest BCUT2D eigenvalue weighted by atomic mass is 31.1. The van der Waals surface area contributed by atoms with Gasteiger partial charge in [0.05, 0.1) is 6.61 Å². The Balaban J connectivity index is 0.000000297. The quantitative estimate of drug-likeness (QED) is 0.0957. The number of hydrogen-bond donors (Lipinski definition) is 2. The molecule has 0 aliphatic heterocycles. The standard InChI is InChI=1S/C25H27O4P.C15H23NO2/c1-17(2)23-14-20(10-11-25(23)26)15-24-18(3)12-22(13-19(24)4)28-16-30(27)29-21-8-6-5-7-9-21;1-3-12(4-2)11-18-15(17)14(16)10-13-8-6-5-7-9-13/h5-14,17H,15-16H2,1-4H3;5-9,12,14H,3-4,10-11,16H2,1-2H3/p+1/t;14-/m.0/s1. The molecule has 256 valence electrons.